The fourth-order valence-electron chi connectivity index (χ4n) is 1.81. The van der Waals surface area contributed by atoms with E-state index in [0.29, 0.717) is 11.4 Å². The van der Waals surface area contributed by atoms with Crippen molar-refractivity contribution in [1.29, 1.82) is 0 Å². The highest BCUT2D eigenvalue weighted by atomic mass is 127. The van der Waals surface area contributed by atoms with Crippen LogP contribution in [0, 0.1) is 10.5 Å². The van der Waals surface area contributed by atoms with Crippen LogP contribution in [0.4, 0.5) is 11.4 Å². The van der Waals surface area contributed by atoms with Gasteiger partial charge in [0.2, 0.25) is 0 Å². The van der Waals surface area contributed by atoms with E-state index in [0.717, 1.165) is 13.6 Å². The molecule has 2 aromatic rings. The Bertz CT molecular complexity index is 666. The molecule has 4 N–H and O–H groups in total. The third-order valence-electron chi connectivity index (χ3n) is 2.77. The lowest BCUT2D eigenvalue weighted by Crippen LogP contribution is -2.14. The Hall–Kier alpha value is -1.28. The molecule has 2 rings (SSSR count). The lowest BCUT2D eigenvalue weighted by atomic mass is 10.1. The number of benzene rings is 2. The Morgan fingerprint density at radius 2 is 2.05 bits per heavy atom. The number of phenols is 1. The largest absolute Gasteiger partial charge is 0.507 e. The molecule has 20 heavy (non-hydrogen) atoms. The molecule has 0 saturated carbocycles. The van der Waals surface area contributed by atoms with E-state index < -0.39 is 5.91 Å². The van der Waals surface area contributed by atoms with Crippen LogP contribution in [-0.2, 0) is 0 Å². The van der Waals surface area contributed by atoms with Crippen molar-refractivity contribution in [2.45, 2.75) is 6.92 Å². The van der Waals surface area contributed by atoms with E-state index in [1.54, 1.807) is 18.2 Å². The molecule has 0 aliphatic rings. The summed E-state index contributed by atoms with van der Waals surface area (Å²) in [6.45, 7) is 1.85. The molecule has 1 amide bonds. The maximum Gasteiger partial charge on any atom is 0.259 e. The lowest BCUT2D eigenvalue weighted by Gasteiger charge is -2.13. The molecule has 0 bridgehead atoms. The van der Waals surface area contributed by atoms with E-state index in [1.807, 2.05) is 13.0 Å². The molecule has 0 radical (unpaired) electrons. The lowest BCUT2D eigenvalue weighted by molar-refractivity contribution is 0.102. The van der Waals surface area contributed by atoms with Crippen LogP contribution in [0.3, 0.4) is 0 Å². The first kappa shape index (κ1) is 15.1. The van der Waals surface area contributed by atoms with Gasteiger partial charge in [-0.15, -0.1) is 0 Å². The van der Waals surface area contributed by atoms with Crippen molar-refractivity contribution in [3.05, 3.63) is 49.5 Å². The summed E-state index contributed by atoms with van der Waals surface area (Å²) in [5.74, 6) is -0.450. The van der Waals surface area contributed by atoms with Gasteiger partial charge in [-0.3, -0.25) is 4.79 Å². The summed E-state index contributed by atoms with van der Waals surface area (Å²) in [6.07, 6.45) is 0. The molecule has 0 unspecified atom stereocenters. The predicted molar refractivity (Wildman–Crippen MR) is 92.1 cm³/mol. The number of anilines is 2. The van der Waals surface area contributed by atoms with E-state index in [1.165, 1.54) is 6.07 Å². The topological polar surface area (TPSA) is 75.3 Å². The van der Waals surface area contributed by atoms with Crippen LogP contribution in [-0.4, -0.2) is 11.0 Å². The highest BCUT2D eigenvalue weighted by molar-refractivity contribution is 14.1. The normalized spacial score (nSPS) is 10.3. The van der Waals surface area contributed by atoms with E-state index in [4.69, 9.17) is 5.73 Å². The van der Waals surface area contributed by atoms with E-state index >= 15 is 0 Å². The molecule has 0 fully saturated rings. The van der Waals surface area contributed by atoms with Gasteiger partial charge >= 0.3 is 0 Å². The number of nitrogens with two attached hydrogens (primary N) is 1. The van der Waals surface area contributed by atoms with Gasteiger partial charge in [0.05, 0.1) is 16.9 Å². The van der Waals surface area contributed by atoms with Gasteiger partial charge < -0.3 is 16.2 Å². The molecular weight excluding hydrogens is 435 g/mol. The third-order valence-corrected chi connectivity index (χ3v) is 3.90. The van der Waals surface area contributed by atoms with Crippen molar-refractivity contribution in [2.75, 3.05) is 11.1 Å². The molecule has 0 heterocycles. The molecule has 4 nitrogen and oxygen atoms in total. The van der Waals surface area contributed by atoms with Gasteiger partial charge in [0, 0.05) is 8.04 Å². The van der Waals surface area contributed by atoms with Gasteiger partial charge in [0.25, 0.3) is 5.91 Å². The number of rotatable bonds is 2. The molecule has 0 aliphatic carbocycles. The van der Waals surface area contributed by atoms with E-state index in [-0.39, 0.29) is 11.3 Å². The molecule has 104 valence electrons. The highest BCUT2D eigenvalue weighted by Gasteiger charge is 2.14. The van der Waals surface area contributed by atoms with Gasteiger partial charge in [-0.05, 0) is 65.4 Å². The SMILES string of the molecule is Cc1cc(Br)cc(N)c1NC(=O)c1cc(I)ccc1O. The van der Waals surface area contributed by atoms with Crippen molar-refractivity contribution in [2.24, 2.45) is 0 Å². The van der Waals surface area contributed by atoms with E-state index in [2.05, 4.69) is 43.8 Å². The monoisotopic (exact) mass is 446 g/mol. The molecule has 0 aliphatic heterocycles. The average molecular weight is 447 g/mol. The summed E-state index contributed by atoms with van der Waals surface area (Å²) in [4.78, 5) is 12.2. The minimum absolute atomic E-state index is 0.0590. The Morgan fingerprint density at radius 3 is 2.70 bits per heavy atom. The van der Waals surface area contributed by atoms with Crippen molar-refractivity contribution >= 4 is 55.8 Å². The van der Waals surface area contributed by atoms with Gasteiger partial charge in [-0.2, -0.15) is 0 Å². The second-order valence-electron chi connectivity index (χ2n) is 4.30. The first-order valence-corrected chi connectivity index (χ1v) is 7.61. The maximum absolute atomic E-state index is 12.2. The first-order chi connectivity index (χ1) is 9.38. The number of hydrogen-bond donors (Lipinski definition) is 3. The second-order valence-corrected chi connectivity index (χ2v) is 6.46. The number of carbonyl (C=O) groups excluding carboxylic acids is 1. The van der Waals surface area contributed by atoms with Crippen molar-refractivity contribution in [3.8, 4) is 5.75 Å². The van der Waals surface area contributed by atoms with Gasteiger partial charge in [-0.1, -0.05) is 15.9 Å². The van der Waals surface area contributed by atoms with Crippen LogP contribution in [0.25, 0.3) is 0 Å². The van der Waals surface area contributed by atoms with Gasteiger partial charge in [-0.25, -0.2) is 0 Å². The number of nitrogen functional groups attached to an aromatic ring is 1. The average Bonchev–Trinajstić information content (AvgIpc) is 2.36. The number of hydrogen-bond acceptors (Lipinski definition) is 3. The number of aromatic hydroxyl groups is 1. The van der Waals surface area contributed by atoms with Crippen LogP contribution in [0.1, 0.15) is 15.9 Å². The van der Waals surface area contributed by atoms with Crippen LogP contribution in [0.15, 0.2) is 34.8 Å². The molecule has 2 aromatic carbocycles. The van der Waals surface area contributed by atoms with Crippen LogP contribution < -0.4 is 11.1 Å². The molecular formula is C14H12BrIN2O2. The number of amides is 1. The van der Waals surface area contributed by atoms with Crippen LogP contribution in [0.5, 0.6) is 5.75 Å². The minimum Gasteiger partial charge on any atom is -0.507 e. The minimum atomic E-state index is -0.391. The molecule has 6 heteroatoms. The zero-order chi connectivity index (χ0) is 14.9. The zero-order valence-corrected chi connectivity index (χ0v) is 14.3. The Kier molecular flexibility index (Phi) is 4.54. The molecule has 0 aromatic heterocycles. The quantitative estimate of drug-likeness (QED) is 0.483. The third kappa shape index (κ3) is 3.24. The number of halogens is 2. The number of carbonyl (C=O) groups is 1. The number of phenolic OH excluding ortho intramolecular Hbond substituents is 1. The zero-order valence-electron chi connectivity index (χ0n) is 10.6. The smallest absolute Gasteiger partial charge is 0.259 e. The van der Waals surface area contributed by atoms with Gasteiger partial charge in [0.15, 0.2) is 0 Å². The van der Waals surface area contributed by atoms with Gasteiger partial charge in [0.1, 0.15) is 5.75 Å². The van der Waals surface area contributed by atoms with Crippen LogP contribution >= 0.6 is 38.5 Å². The molecule has 0 spiro atoms. The fourth-order valence-corrected chi connectivity index (χ4v) is 2.89. The highest BCUT2D eigenvalue weighted by Crippen LogP contribution is 2.29. The molecule has 0 atom stereocenters. The summed E-state index contributed by atoms with van der Waals surface area (Å²) in [5.41, 5.74) is 7.99. The maximum atomic E-state index is 12.2. The van der Waals surface area contributed by atoms with Crippen LogP contribution in [0.2, 0.25) is 0 Å². The second kappa shape index (κ2) is 6.01. The number of aryl methyl sites for hydroxylation is 1. The van der Waals surface area contributed by atoms with Crippen molar-refractivity contribution < 1.29 is 9.90 Å². The van der Waals surface area contributed by atoms with Crippen molar-refractivity contribution in [3.63, 3.8) is 0 Å². The number of nitrogens with one attached hydrogen (secondary N) is 1. The standard InChI is InChI=1S/C14H12BrIN2O2/c1-7-4-8(15)5-11(17)13(7)18-14(20)10-6-9(16)2-3-12(10)19/h2-6,19H,17H2,1H3,(H,18,20). The summed E-state index contributed by atoms with van der Waals surface area (Å²) in [7, 11) is 0. The summed E-state index contributed by atoms with van der Waals surface area (Å²) >= 11 is 5.43. The summed E-state index contributed by atoms with van der Waals surface area (Å²) in [5, 5.41) is 12.5. The Morgan fingerprint density at radius 1 is 1.35 bits per heavy atom. The summed E-state index contributed by atoms with van der Waals surface area (Å²) < 4.78 is 1.72. The fraction of sp³-hybridized carbons (Fsp3) is 0.0714. The Labute approximate surface area is 138 Å². The Balaban J connectivity index is 2.35. The van der Waals surface area contributed by atoms with E-state index in [9.17, 15) is 9.90 Å². The predicted octanol–water partition coefficient (Wildman–Crippen LogP) is 3.90. The summed E-state index contributed by atoms with van der Waals surface area (Å²) in [6, 6.07) is 8.42. The molecule has 0 saturated heterocycles. The van der Waals surface area contributed by atoms with Crippen molar-refractivity contribution in [1.82, 2.24) is 0 Å². The first-order valence-electron chi connectivity index (χ1n) is 5.74.